The van der Waals surface area contributed by atoms with Crippen molar-refractivity contribution in [2.24, 2.45) is 0 Å². The minimum Gasteiger partial charge on any atom is -0.372 e. The Kier molecular flexibility index (Phi) is 5.81. The predicted molar refractivity (Wildman–Crippen MR) is 92.5 cm³/mol. The summed E-state index contributed by atoms with van der Waals surface area (Å²) in [5.41, 5.74) is 1.30. The first-order chi connectivity index (χ1) is 11.6. The van der Waals surface area contributed by atoms with Crippen LogP contribution in [-0.2, 0) is 16.1 Å². The summed E-state index contributed by atoms with van der Waals surface area (Å²) in [6.45, 7) is 10.9. The van der Waals surface area contributed by atoms with E-state index >= 15 is 0 Å². The first kappa shape index (κ1) is 17.3. The van der Waals surface area contributed by atoms with Gasteiger partial charge in [-0.15, -0.1) is 0 Å². The highest BCUT2D eigenvalue weighted by Crippen LogP contribution is 2.12. The van der Waals surface area contributed by atoms with Crippen molar-refractivity contribution >= 4 is 5.91 Å². The number of aromatic nitrogens is 1. The molecule has 132 valence electrons. The molecule has 1 amide bonds. The summed E-state index contributed by atoms with van der Waals surface area (Å²) in [6.07, 6.45) is 3.95. The Morgan fingerprint density at radius 1 is 1.08 bits per heavy atom. The molecule has 0 radical (unpaired) electrons. The van der Waals surface area contributed by atoms with Crippen LogP contribution in [0.1, 0.15) is 19.4 Å². The molecule has 2 fully saturated rings. The van der Waals surface area contributed by atoms with Crippen molar-refractivity contribution in [2.75, 3.05) is 45.8 Å². The molecule has 0 N–H and O–H groups in total. The maximum absolute atomic E-state index is 12.5. The van der Waals surface area contributed by atoms with E-state index in [1.54, 1.807) is 0 Å². The molecule has 3 heterocycles. The molecule has 2 aliphatic heterocycles. The number of pyridine rings is 1. The summed E-state index contributed by atoms with van der Waals surface area (Å²) in [6, 6.07) is 4.13. The van der Waals surface area contributed by atoms with E-state index in [0.29, 0.717) is 19.6 Å². The van der Waals surface area contributed by atoms with Crippen LogP contribution >= 0.6 is 0 Å². The second-order valence-corrected chi connectivity index (χ2v) is 6.96. The summed E-state index contributed by atoms with van der Waals surface area (Å²) >= 11 is 0. The van der Waals surface area contributed by atoms with Crippen LogP contribution in [0.25, 0.3) is 0 Å². The zero-order valence-corrected chi connectivity index (χ0v) is 14.7. The van der Waals surface area contributed by atoms with Crippen LogP contribution in [0.2, 0.25) is 0 Å². The van der Waals surface area contributed by atoms with Crippen LogP contribution in [0, 0.1) is 0 Å². The summed E-state index contributed by atoms with van der Waals surface area (Å²) in [5.74, 6) is 0.236. The highest BCUT2D eigenvalue weighted by molar-refractivity contribution is 5.78. The van der Waals surface area contributed by atoms with Crippen molar-refractivity contribution in [3.05, 3.63) is 30.1 Å². The summed E-state index contributed by atoms with van der Waals surface area (Å²) in [5, 5.41) is 0. The van der Waals surface area contributed by atoms with E-state index in [9.17, 15) is 4.79 Å². The molecule has 0 saturated carbocycles. The molecule has 2 atom stereocenters. The molecule has 0 aromatic carbocycles. The molecular formula is C18H28N4O2. The van der Waals surface area contributed by atoms with Gasteiger partial charge < -0.3 is 9.64 Å². The molecule has 1 aromatic heterocycles. The Morgan fingerprint density at radius 3 is 2.29 bits per heavy atom. The van der Waals surface area contributed by atoms with Gasteiger partial charge in [0.25, 0.3) is 0 Å². The standard InChI is InChI=1S/C18H28N4O2/c1-15-11-22(12-16(2)24-15)18(23)14-21-9-7-20(8-10-21)13-17-3-5-19-6-4-17/h3-6,15-16H,7-14H2,1-2H3/t15-,16-/m1/s1. The average molecular weight is 332 g/mol. The van der Waals surface area contributed by atoms with Crippen LogP contribution in [0.3, 0.4) is 0 Å². The predicted octanol–water partition coefficient (Wildman–Crippen LogP) is 0.835. The summed E-state index contributed by atoms with van der Waals surface area (Å²) < 4.78 is 5.71. The van der Waals surface area contributed by atoms with Crippen molar-refractivity contribution in [3.8, 4) is 0 Å². The smallest absolute Gasteiger partial charge is 0.236 e. The Hall–Kier alpha value is -1.50. The number of hydrogen-bond donors (Lipinski definition) is 0. The minimum atomic E-state index is 0.134. The fourth-order valence-electron chi connectivity index (χ4n) is 3.52. The quantitative estimate of drug-likeness (QED) is 0.818. The van der Waals surface area contributed by atoms with Crippen molar-refractivity contribution in [2.45, 2.75) is 32.6 Å². The lowest BCUT2D eigenvalue weighted by atomic mass is 10.2. The number of rotatable bonds is 4. The minimum absolute atomic E-state index is 0.134. The van der Waals surface area contributed by atoms with Gasteiger partial charge in [0.15, 0.2) is 0 Å². The van der Waals surface area contributed by atoms with Crippen molar-refractivity contribution in [3.63, 3.8) is 0 Å². The molecule has 0 bridgehead atoms. The zero-order valence-electron chi connectivity index (χ0n) is 14.7. The second-order valence-electron chi connectivity index (χ2n) is 6.96. The number of ether oxygens (including phenoxy) is 1. The fourth-order valence-corrected chi connectivity index (χ4v) is 3.52. The summed E-state index contributed by atoms with van der Waals surface area (Å²) in [4.78, 5) is 23.3. The van der Waals surface area contributed by atoms with E-state index < -0.39 is 0 Å². The van der Waals surface area contributed by atoms with E-state index in [1.165, 1.54) is 5.56 Å². The lowest BCUT2D eigenvalue weighted by Crippen LogP contribution is -2.53. The first-order valence-electron chi connectivity index (χ1n) is 8.87. The topological polar surface area (TPSA) is 48.9 Å². The van der Waals surface area contributed by atoms with Crippen molar-refractivity contribution in [1.29, 1.82) is 0 Å². The van der Waals surface area contributed by atoms with Gasteiger partial charge in [-0.1, -0.05) is 0 Å². The van der Waals surface area contributed by atoms with E-state index in [-0.39, 0.29) is 18.1 Å². The zero-order chi connectivity index (χ0) is 16.9. The molecule has 6 heteroatoms. The monoisotopic (exact) mass is 332 g/mol. The average Bonchev–Trinajstić information content (AvgIpc) is 2.57. The third-order valence-electron chi connectivity index (χ3n) is 4.75. The van der Waals surface area contributed by atoms with Crippen LogP contribution in [0.4, 0.5) is 0 Å². The number of amides is 1. The molecule has 2 aliphatic rings. The number of morpholine rings is 1. The highest BCUT2D eigenvalue weighted by atomic mass is 16.5. The van der Waals surface area contributed by atoms with Crippen molar-refractivity contribution < 1.29 is 9.53 Å². The number of piperazine rings is 1. The molecular weight excluding hydrogens is 304 g/mol. The first-order valence-corrected chi connectivity index (χ1v) is 8.87. The van der Waals surface area contributed by atoms with Crippen LogP contribution in [0.5, 0.6) is 0 Å². The van der Waals surface area contributed by atoms with Gasteiger partial charge in [-0.3, -0.25) is 19.6 Å². The van der Waals surface area contributed by atoms with E-state index in [2.05, 4.69) is 26.9 Å². The Balaban J connectivity index is 1.42. The number of carbonyl (C=O) groups excluding carboxylic acids is 1. The van der Waals surface area contributed by atoms with Crippen molar-refractivity contribution in [1.82, 2.24) is 19.7 Å². The van der Waals surface area contributed by atoms with Gasteiger partial charge in [0.05, 0.1) is 18.8 Å². The summed E-state index contributed by atoms with van der Waals surface area (Å²) in [7, 11) is 0. The largest absolute Gasteiger partial charge is 0.372 e. The second kappa shape index (κ2) is 8.05. The molecule has 1 aromatic rings. The van der Waals surface area contributed by atoms with Crippen LogP contribution < -0.4 is 0 Å². The molecule has 3 rings (SSSR count). The fraction of sp³-hybridized carbons (Fsp3) is 0.667. The third kappa shape index (κ3) is 4.75. The van der Waals surface area contributed by atoms with Gasteiger partial charge in [-0.05, 0) is 31.5 Å². The molecule has 6 nitrogen and oxygen atoms in total. The van der Waals surface area contributed by atoms with E-state index in [0.717, 1.165) is 32.7 Å². The van der Waals surface area contributed by atoms with Crippen LogP contribution in [0.15, 0.2) is 24.5 Å². The SMILES string of the molecule is C[C@@H]1CN(C(=O)CN2CCN(Cc3ccncc3)CC2)C[C@@H](C)O1. The molecule has 24 heavy (non-hydrogen) atoms. The lowest BCUT2D eigenvalue weighted by molar-refractivity contribution is -0.144. The van der Waals surface area contributed by atoms with Crippen LogP contribution in [-0.4, -0.2) is 83.6 Å². The Bertz CT molecular complexity index is 521. The van der Waals surface area contributed by atoms with E-state index in [1.807, 2.05) is 31.1 Å². The van der Waals surface area contributed by atoms with Gasteiger partial charge in [-0.25, -0.2) is 0 Å². The maximum Gasteiger partial charge on any atom is 0.236 e. The highest BCUT2D eigenvalue weighted by Gasteiger charge is 2.27. The normalized spacial score (nSPS) is 26.5. The number of carbonyl (C=O) groups is 1. The number of nitrogens with zero attached hydrogens (tertiary/aromatic N) is 4. The maximum atomic E-state index is 12.5. The molecule has 0 aliphatic carbocycles. The third-order valence-corrected chi connectivity index (χ3v) is 4.75. The van der Waals surface area contributed by atoms with Gasteiger partial charge in [0.1, 0.15) is 0 Å². The lowest BCUT2D eigenvalue weighted by Gasteiger charge is -2.38. The Labute approximate surface area is 144 Å². The van der Waals surface area contributed by atoms with Gasteiger partial charge in [0.2, 0.25) is 5.91 Å². The number of hydrogen-bond acceptors (Lipinski definition) is 5. The molecule has 2 saturated heterocycles. The van der Waals surface area contributed by atoms with E-state index in [4.69, 9.17) is 4.74 Å². The molecule has 0 spiro atoms. The van der Waals surface area contributed by atoms with Gasteiger partial charge >= 0.3 is 0 Å². The van der Waals surface area contributed by atoms with Gasteiger partial charge in [-0.2, -0.15) is 0 Å². The van der Waals surface area contributed by atoms with Gasteiger partial charge in [0, 0.05) is 58.2 Å². The molecule has 0 unspecified atom stereocenters. The Morgan fingerprint density at radius 2 is 1.67 bits per heavy atom.